The number of ketones is 1. The fraction of sp³-hybridized carbons (Fsp3) is 0.444. The number of carbonyl (C=O) groups excluding carboxylic acids is 2. The molecule has 4 rings (SSSR count). The highest BCUT2D eigenvalue weighted by Crippen LogP contribution is 2.28. The quantitative estimate of drug-likeness (QED) is 0.0721. The van der Waals surface area contributed by atoms with E-state index >= 15 is 0 Å². The average molecular weight is 648 g/mol. The molecule has 2 atom stereocenters. The minimum Gasteiger partial charge on any atom is -0.384 e. The summed E-state index contributed by atoms with van der Waals surface area (Å²) in [6.45, 7) is 0. The van der Waals surface area contributed by atoms with Gasteiger partial charge in [0, 0.05) is 28.8 Å². The van der Waals surface area contributed by atoms with Crippen molar-refractivity contribution in [2.24, 2.45) is 17.6 Å². The lowest BCUT2D eigenvalue weighted by Crippen LogP contribution is -2.45. The molecule has 2 aromatic carbocycles. The Kier molecular flexibility index (Phi) is 12.9. The highest BCUT2D eigenvalue weighted by Gasteiger charge is 2.30. The SMILES string of the molecule is N=C(N)c1ccc(CCC(=O)[C@H](CCC2CCCCC2)NC(=O)[C@@H](CCc2cc[n+](O)cc2)CS(=O)(=O)Cc2ccccc2)cc1. The van der Waals surface area contributed by atoms with Crippen molar-refractivity contribution in [3.63, 3.8) is 0 Å². The summed E-state index contributed by atoms with van der Waals surface area (Å²) in [5.74, 6) is -1.32. The summed E-state index contributed by atoms with van der Waals surface area (Å²) in [5, 5.41) is 20.2. The van der Waals surface area contributed by atoms with Gasteiger partial charge in [0.05, 0.1) is 23.5 Å². The zero-order chi connectivity index (χ0) is 32.9. The first-order chi connectivity index (χ1) is 22.1. The van der Waals surface area contributed by atoms with E-state index in [4.69, 9.17) is 11.1 Å². The maximum Gasteiger partial charge on any atom is 0.224 e. The summed E-state index contributed by atoms with van der Waals surface area (Å²) in [6, 6.07) is 18.9. The number of hydrogen-bond acceptors (Lipinski definition) is 6. The van der Waals surface area contributed by atoms with Gasteiger partial charge in [-0.25, -0.2) is 8.42 Å². The average Bonchev–Trinajstić information content (AvgIpc) is 3.05. The number of nitrogens with zero attached hydrogens (tertiary/aromatic N) is 1. The van der Waals surface area contributed by atoms with Crippen molar-refractivity contribution >= 4 is 27.4 Å². The number of nitrogen functional groups attached to an aromatic ring is 1. The molecule has 5 N–H and O–H groups in total. The van der Waals surface area contributed by atoms with Crippen LogP contribution in [-0.4, -0.2) is 42.9 Å². The predicted octanol–water partition coefficient (Wildman–Crippen LogP) is 4.71. The van der Waals surface area contributed by atoms with E-state index in [1.54, 1.807) is 48.5 Å². The molecule has 3 aromatic rings. The number of aromatic nitrogens is 1. The van der Waals surface area contributed by atoms with Crippen LogP contribution in [0.1, 0.15) is 80.0 Å². The first-order valence-electron chi connectivity index (χ1n) is 16.3. The maximum atomic E-state index is 13.9. The van der Waals surface area contributed by atoms with Crippen molar-refractivity contribution in [3.8, 4) is 0 Å². The molecule has 0 aliphatic heterocycles. The third kappa shape index (κ3) is 11.4. The Morgan fingerprint density at radius 1 is 0.891 bits per heavy atom. The molecule has 10 heteroatoms. The molecule has 1 heterocycles. The number of pyridine rings is 1. The Hall–Kier alpha value is -4.05. The van der Waals surface area contributed by atoms with Crippen molar-refractivity contribution < 1.29 is 27.9 Å². The number of sulfone groups is 1. The molecule has 1 aliphatic carbocycles. The number of amides is 1. The zero-order valence-electron chi connectivity index (χ0n) is 26.4. The van der Waals surface area contributed by atoms with Crippen molar-refractivity contribution in [2.45, 2.75) is 82.4 Å². The first-order valence-corrected chi connectivity index (χ1v) is 18.1. The van der Waals surface area contributed by atoms with Crippen molar-refractivity contribution in [1.29, 1.82) is 5.41 Å². The standard InChI is InChI=1S/C36H46N4O5S/c37-35(38)31-16-11-28(12-17-31)15-20-34(41)33(19-14-27-7-3-1-4-8-27)39-36(42)32(18-13-29-21-23-40(43)24-22-29)26-46(44,45)25-30-9-5-2-6-10-30/h2,5-6,9-12,16-17,21-24,27,32-33H,1,3-4,7-8,13-15,18-20,25-26H2,(H4-,37,38,39,42,43)/p+1/t32-,33-/m0/s1. The van der Waals surface area contributed by atoms with Crippen LogP contribution in [0.5, 0.6) is 0 Å². The van der Waals surface area contributed by atoms with E-state index in [9.17, 15) is 23.2 Å². The third-order valence-corrected chi connectivity index (χ3v) is 10.6. The van der Waals surface area contributed by atoms with Crippen LogP contribution in [0, 0.1) is 17.2 Å². The zero-order valence-corrected chi connectivity index (χ0v) is 27.3. The van der Waals surface area contributed by atoms with Gasteiger partial charge in [-0.05, 0) is 54.7 Å². The van der Waals surface area contributed by atoms with Crippen LogP contribution < -0.4 is 15.8 Å². The highest BCUT2D eigenvalue weighted by molar-refractivity contribution is 7.90. The number of amidine groups is 1. The van der Waals surface area contributed by atoms with Gasteiger partial charge in [-0.1, -0.05) is 86.7 Å². The number of rotatable bonds is 17. The van der Waals surface area contributed by atoms with Crippen LogP contribution in [-0.2, 0) is 38.0 Å². The maximum absolute atomic E-state index is 13.9. The van der Waals surface area contributed by atoms with Gasteiger partial charge < -0.3 is 11.1 Å². The second kappa shape index (κ2) is 17.0. The van der Waals surface area contributed by atoms with E-state index < -0.39 is 27.7 Å². The topological polar surface area (TPSA) is 154 Å². The molecule has 0 unspecified atom stereocenters. The van der Waals surface area contributed by atoms with Gasteiger partial charge in [0.25, 0.3) is 0 Å². The summed E-state index contributed by atoms with van der Waals surface area (Å²) in [4.78, 5) is 27.5. The van der Waals surface area contributed by atoms with Gasteiger partial charge >= 0.3 is 0 Å². The minimum absolute atomic E-state index is 0.0160. The second-order valence-electron chi connectivity index (χ2n) is 12.6. The van der Waals surface area contributed by atoms with E-state index in [-0.39, 0.29) is 36.0 Å². The molecule has 0 spiro atoms. The Bertz CT molecular complexity index is 1540. The van der Waals surface area contributed by atoms with Crippen LogP contribution in [0.3, 0.4) is 0 Å². The summed E-state index contributed by atoms with van der Waals surface area (Å²) in [5.41, 5.74) is 8.65. The summed E-state index contributed by atoms with van der Waals surface area (Å²) >= 11 is 0. The molecule has 0 saturated heterocycles. The fourth-order valence-electron chi connectivity index (χ4n) is 6.21. The van der Waals surface area contributed by atoms with Crippen molar-refractivity contribution in [1.82, 2.24) is 5.32 Å². The largest absolute Gasteiger partial charge is 0.384 e. The minimum atomic E-state index is -3.65. The van der Waals surface area contributed by atoms with E-state index in [2.05, 4.69) is 5.32 Å². The van der Waals surface area contributed by atoms with E-state index in [0.717, 1.165) is 35.1 Å². The summed E-state index contributed by atoms with van der Waals surface area (Å²) < 4.78 is 27.6. The van der Waals surface area contributed by atoms with Gasteiger partial charge in [-0.15, -0.1) is 0 Å². The number of nitrogens with one attached hydrogen (secondary N) is 2. The molecule has 1 aliphatic rings. The van der Waals surface area contributed by atoms with E-state index in [0.29, 0.717) is 36.3 Å². The Labute approximate surface area is 272 Å². The molecular formula is C36H47N4O5S+. The number of nitrogens with two attached hydrogens (primary N) is 1. The molecule has 1 aromatic heterocycles. The van der Waals surface area contributed by atoms with E-state index in [1.165, 1.54) is 31.7 Å². The molecule has 0 radical (unpaired) electrons. The Morgan fingerprint density at radius 2 is 1.54 bits per heavy atom. The normalized spacial score (nSPS) is 15.1. The number of benzene rings is 2. The van der Waals surface area contributed by atoms with E-state index in [1.807, 2.05) is 18.2 Å². The fourth-order valence-corrected chi connectivity index (χ4v) is 7.96. The van der Waals surface area contributed by atoms with Crippen LogP contribution in [0.4, 0.5) is 0 Å². The highest BCUT2D eigenvalue weighted by atomic mass is 32.2. The van der Waals surface area contributed by atoms with Gasteiger partial charge in [-0.2, -0.15) is 0 Å². The molecule has 0 bridgehead atoms. The molecular weight excluding hydrogens is 600 g/mol. The lowest BCUT2D eigenvalue weighted by atomic mass is 9.84. The van der Waals surface area contributed by atoms with Gasteiger partial charge in [0.15, 0.2) is 15.6 Å². The molecule has 9 nitrogen and oxygen atoms in total. The van der Waals surface area contributed by atoms with Crippen molar-refractivity contribution in [3.05, 3.63) is 101 Å². The number of Topliss-reactive ketones (excluding diaryl/α,β-unsaturated/α-hetero) is 1. The van der Waals surface area contributed by atoms with Gasteiger partial charge in [0.2, 0.25) is 18.3 Å². The molecule has 1 fully saturated rings. The van der Waals surface area contributed by atoms with Crippen LogP contribution >= 0.6 is 0 Å². The van der Waals surface area contributed by atoms with Gasteiger partial charge in [0.1, 0.15) is 5.84 Å². The Balaban J connectivity index is 1.48. The lowest BCUT2D eigenvalue weighted by Gasteiger charge is -2.26. The van der Waals surface area contributed by atoms with Crippen LogP contribution in [0.2, 0.25) is 0 Å². The number of carbonyl (C=O) groups is 2. The summed E-state index contributed by atoms with van der Waals surface area (Å²) in [7, 11) is -3.65. The van der Waals surface area contributed by atoms with Crippen LogP contribution in [0.15, 0.2) is 79.1 Å². The molecule has 246 valence electrons. The Morgan fingerprint density at radius 3 is 2.20 bits per heavy atom. The number of hydrogen-bond donors (Lipinski definition) is 4. The smallest absolute Gasteiger partial charge is 0.224 e. The number of aryl methyl sites for hydroxylation is 2. The molecule has 46 heavy (non-hydrogen) atoms. The van der Waals surface area contributed by atoms with Gasteiger partial charge in [-0.3, -0.25) is 20.2 Å². The lowest BCUT2D eigenvalue weighted by molar-refractivity contribution is -0.904. The predicted molar refractivity (Wildman–Crippen MR) is 178 cm³/mol. The molecule has 1 amide bonds. The second-order valence-corrected chi connectivity index (χ2v) is 14.7. The third-order valence-electron chi connectivity index (χ3n) is 8.94. The first kappa shape index (κ1) is 34.8. The molecule has 1 saturated carbocycles. The van der Waals surface area contributed by atoms with Crippen LogP contribution in [0.25, 0.3) is 0 Å². The van der Waals surface area contributed by atoms with Crippen molar-refractivity contribution in [2.75, 3.05) is 5.75 Å². The monoisotopic (exact) mass is 647 g/mol. The summed E-state index contributed by atoms with van der Waals surface area (Å²) in [6.07, 6.45) is 11.6.